The topological polar surface area (TPSA) is 12.5 Å². The Bertz CT molecular complexity index is 251. The van der Waals surface area contributed by atoms with Crippen molar-refractivity contribution < 1.29 is 4.74 Å². The zero-order valence-corrected chi connectivity index (χ0v) is 10.6. The van der Waals surface area contributed by atoms with Gasteiger partial charge in [0.05, 0.1) is 6.10 Å². The third-order valence-corrected chi connectivity index (χ3v) is 7.63. The Morgan fingerprint density at radius 3 is 2.00 bits per heavy atom. The summed E-state index contributed by atoms with van der Waals surface area (Å²) in [4.78, 5) is 0. The second-order valence-electron chi connectivity index (χ2n) is 5.41. The fraction of sp³-hybridized carbons (Fsp3) is 0.818. The lowest BCUT2D eigenvalue weighted by atomic mass is 10.2. The highest BCUT2D eigenvalue weighted by Crippen LogP contribution is 2.35. The molecule has 0 aliphatic carbocycles. The first kappa shape index (κ1) is 10.8. The Hall–Kier alpha value is -0.263. The van der Waals surface area contributed by atoms with Gasteiger partial charge in [-0.2, -0.15) is 0 Å². The number of hydrogen-bond acceptors (Lipinski definition) is 1. The fourth-order valence-corrected chi connectivity index (χ4v) is 1.65. The van der Waals surface area contributed by atoms with Crippen LogP contribution in [0.15, 0.2) is 0 Å². The van der Waals surface area contributed by atoms with Crippen molar-refractivity contribution in [1.29, 1.82) is 0 Å². The summed E-state index contributed by atoms with van der Waals surface area (Å²) in [6.07, 6.45) is 0.603. The SMILES string of the molecule is C[C@@H]1O[C@@H]1C#C[Si](C)(C)C(C)(C)C. The molecule has 0 unspecified atom stereocenters. The summed E-state index contributed by atoms with van der Waals surface area (Å²) in [6.45, 7) is 13.6. The first-order chi connectivity index (χ1) is 5.74. The van der Waals surface area contributed by atoms with E-state index in [1.165, 1.54) is 0 Å². The van der Waals surface area contributed by atoms with Gasteiger partial charge in [0.1, 0.15) is 14.2 Å². The molecule has 0 aromatic heterocycles. The van der Waals surface area contributed by atoms with Gasteiger partial charge in [-0.3, -0.25) is 0 Å². The number of hydrogen-bond donors (Lipinski definition) is 0. The van der Waals surface area contributed by atoms with Crippen LogP contribution < -0.4 is 0 Å². The minimum Gasteiger partial charge on any atom is -0.356 e. The molecule has 0 spiro atoms. The quantitative estimate of drug-likeness (QED) is 0.330. The van der Waals surface area contributed by atoms with Crippen LogP contribution in [0.3, 0.4) is 0 Å². The Morgan fingerprint density at radius 1 is 1.23 bits per heavy atom. The van der Waals surface area contributed by atoms with Gasteiger partial charge in [-0.1, -0.05) is 39.8 Å². The Kier molecular flexibility index (Phi) is 2.62. The molecule has 74 valence electrons. The molecule has 0 N–H and O–H groups in total. The van der Waals surface area contributed by atoms with Gasteiger partial charge in [-0.15, -0.1) is 5.54 Å². The number of epoxide rings is 1. The molecule has 2 heteroatoms. The maximum Gasteiger partial charge on any atom is 0.143 e. The van der Waals surface area contributed by atoms with Gasteiger partial charge in [0, 0.05) is 0 Å². The molecule has 0 aromatic carbocycles. The van der Waals surface area contributed by atoms with Gasteiger partial charge in [0.25, 0.3) is 0 Å². The molecular weight excluding hydrogens is 176 g/mol. The summed E-state index contributed by atoms with van der Waals surface area (Å²) < 4.78 is 5.27. The van der Waals surface area contributed by atoms with Gasteiger partial charge >= 0.3 is 0 Å². The van der Waals surface area contributed by atoms with E-state index in [-0.39, 0.29) is 6.10 Å². The smallest absolute Gasteiger partial charge is 0.143 e. The molecule has 1 rings (SSSR count). The van der Waals surface area contributed by atoms with Crippen LogP contribution in [0.2, 0.25) is 18.1 Å². The normalized spacial score (nSPS) is 27.8. The highest BCUT2D eigenvalue weighted by molar-refractivity contribution is 6.87. The van der Waals surface area contributed by atoms with Gasteiger partial charge in [0.15, 0.2) is 0 Å². The van der Waals surface area contributed by atoms with Gasteiger partial charge in [-0.25, -0.2) is 0 Å². The maximum atomic E-state index is 5.27. The van der Waals surface area contributed by atoms with Crippen molar-refractivity contribution in [3.05, 3.63) is 0 Å². The maximum absolute atomic E-state index is 5.27. The zero-order valence-electron chi connectivity index (χ0n) is 9.56. The van der Waals surface area contributed by atoms with E-state index in [0.29, 0.717) is 11.1 Å². The summed E-state index contributed by atoms with van der Waals surface area (Å²) in [6, 6.07) is 0. The monoisotopic (exact) mass is 196 g/mol. The van der Waals surface area contributed by atoms with Crippen molar-refractivity contribution in [3.63, 3.8) is 0 Å². The minimum absolute atomic E-state index is 0.231. The van der Waals surface area contributed by atoms with Crippen LogP contribution in [-0.2, 0) is 4.74 Å². The van der Waals surface area contributed by atoms with Crippen molar-refractivity contribution in [1.82, 2.24) is 0 Å². The van der Waals surface area contributed by atoms with Crippen LogP contribution >= 0.6 is 0 Å². The van der Waals surface area contributed by atoms with E-state index in [1.54, 1.807) is 0 Å². The molecule has 0 saturated carbocycles. The lowest BCUT2D eigenvalue weighted by Gasteiger charge is -2.31. The third kappa shape index (κ3) is 2.59. The molecule has 0 aromatic rings. The van der Waals surface area contributed by atoms with Crippen molar-refractivity contribution in [2.24, 2.45) is 0 Å². The second kappa shape index (κ2) is 3.15. The molecule has 1 saturated heterocycles. The summed E-state index contributed by atoms with van der Waals surface area (Å²) >= 11 is 0. The fourth-order valence-electron chi connectivity index (χ4n) is 0.776. The van der Waals surface area contributed by atoms with Crippen LogP contribution in [0.4, 0.5) is 0 Å². The van der Waals surface area contributed by atoms with Crippen molar-refractivity contribution in [3.8, 4) is 11.5 Å². The molecule has 1 aliphatic heterocycles. The Labute approximate surface area is 82.9 Å². The average Bonchev–Trinajstić information content (AvgIpc) is 2.60. The van der Waals surface area contributed by atoms with Crippen LogP contribution in [0.5, 0.6) is 0 Å². The predicted octanol–water partition coefficient (Wildman–Crippen LogP) is 2.82. The molecule has 1 heterocycles. The van der Waals surface area contributed by atoms with Crippen molar-refractivity contribution >= 4 is 8.07 Å². The van der Waals surface area contributed by atoms with Gasteiger partial charge < -0.3 is 4.74 Å². The molecule has 1 fully saturated rings. The first-order valence-electron chi connectivity index (χ1n) is 4.92. The molecular formula is C11H20OSi. The highest BCUT2D eigenvalue weighted by Gasteiger charge is 2.36. The lowest BCUT2D eigenvalue weighted by molar-refractivity contribution is 0.403. The summed E-state index contributed by atoms with van der Waals surface area (Å²) in [5.41, 5.74) is 3.46. The largest absolute Gasteiger partial charge is 0.356 e. The van der Waals surface area contributed by atoms with E-state index >= 15 is 0 Å². The second-order valence-corrected chi connectivity index (χ2v) is 10.4. The molecule has 1 aliphatic rings. The van der Waals surface area contributed by atoms with E-state index in [9.17, 15) is 0 Å². The zero-order chi connectivity index (χ0) is 10.3. The summed E-state index contributed by atoms with van der Waals surface area (Å²) in [5, 5.41) is 0.359. The van der Waals surface area contributed by atoms with E-state index < -0.39 is 8.07 Å². The lowest BCUT2D eigenvalue weighted by Crippen LogP contribution is -2.35. The molecule has 0 bridgehead atoms. The van der Waals surface area contributed by atoms with E-state index in [0.717, 1.165) is 0 Å². The van der Waals surface area contributed by atoms with Crippen LogP contribution in [0.1, 0.15) is 27.7 Å². The molecule has 13 heavy (non-hydrogen) atoms. The predicted molar refractivity (Wildman–Crippen MR) is 59.3 cm³/mol. The Balaban J connectivity index is 2.64. The number of rotatable bonds is 0. The summed E-state index contributed by atoms with van der Waals surface area (Å²) in [5.74, 6) is 3.24. The number of ether oxygens (including phenoxy) is 1. The highest BCUT2D eigenvalue weighted by atomic mass is 28.3. The van der Waals surface area contributed by atoms with Gasteiger partial charge in [-0.05, 0) is 12.0 Å². The average molecular weight is 196 g/mol. The van der Waals surface area contributed by atoms with E-state index in [4.69, 9.17) is 4.74 Å². The van der Waals surface area contributed by atoms with Crippen molar-refractivity contribution in [2.45, 2.75) is 58.0 Å². The van der Waals surface area contributed by atoms with Gasteiger partial charge in [0.2, 0.25) is 0 Å². The van der Waals surface area contributed by atoms with Crippen LogP contribution in [-0.4, -0.2) is 20.3 Å². The minimum atomic E-state index is -1.40. The van der Waals surface area contributed by atoms with E-state index in [1.807, 2.05) is 0 Å². The molecule has 0 amide bonds. The van der Waals surface area contributed by atoms with E-state index in [2.05, 4.69) is 52.3 Å². The summed E-state index contributed by atoms with van der Waals surface area (Å²) in [7, 11) is -1.40. The Morgan fingerprint density at radius 2 is 1.69 bits per heavy atom. The molecule has 0 radical (unpaired) electrons. The van der Waals surface area contributed by atoms with Crippen LogP contribution in [0.25, 0.3) is 0 Å². The van der Waals surface area contributed by atoms with Crippen LogP contribution in [0, 0.1) is 11.5 Å². The third-order valence-electron chi connectivity index (χ3n) is 3.11. The molecule has 2 atom stereocenters. The molecule has 1 nitrogen and oxygen atoms in total. The first-order valence-corrected chi connectivity index (χ1v) is 7.92. The van der Waals surface area contributed by atoms with Crippen molar-refractivity contribution in [2.75, 3.05) is 0 Å². The standard InChI is InChI=1S/C11H20OSi/c1-9-10(12-9)7-8-13(5,6)11(2,3)4/h9-10H,1-6H3/t9-,10+/m0/s1.